The predicted molar refractivity (Wildman–Crippen MR) is 99.5 cm³/mol. The Morgan fingerprint density at radius 2 is 0.667 bits per heavy atom. The van der Waals surface area contributed by atoms with Crippen molar-refractivity contribution >= 4 is 12.2 Å². The molecule has 0 aliphatic carbocycles. The number of benzene rings is 2. The quantitative estimate of drug-likeness (QED) is 0.426. The number of hydrogen-bond acceptors (Lipinski definition) is 4. The van der Waals surface area contributed by atoms with E-state index in [9.17, 15) is 0 Å². The summed E-state index contributed by atoms with van der Waals surface area (Å²) in [6.45, 7) is 4.46. The first-order chi connectivity index (χ1) is 11.7. The smallest absolute Gasteiger partial charge is 0.222 e. The lowest BCUT2D eigenvalue weighted by Crippen LogP contribution is -1.66. The van der Waals surface area contributed by atoms with Crippen molar-refractivity contribution in [3.8, 4) is 0 Å². The first-order valence-electron chi connectivity index (χ1n) is 7.82. The summed E-state index contributed by atoms with van der Waals surface area (Å²) in [7, 11) is 0. The maximum absolute atomic E-state index is 8.35. The summed E-state index contributed by atoms with van der Waals surface area (Å²) >= 11 is 0. The maximum Gasteiger partial charge on any atom is 0.231 e. The van der Waals surface area contributed by atoms with Crippen molar-refractivity contribution in [2.45, 2.75) is 39.5 Å². The van der Waals surface area contributed by atoms with Crippen LogP contribution in [0.15, 0.2) is 72.8 Å². The zero-order valence-electron chi connectivity index (χ0n) is 14.6. The molecule has 0 fully saturated rings. The molecule has 0 bridgehead atoms. The molecular formula is C20H28N2O2. The molecule has 24 heavy (non-hydrogen) atoms. The van der Waals surface area contributed by atoms with Crippen molar-refractivity contribution in [1.29, 1.82) is 10.8 Å². The van der Waals surface area contributed by atoms with Crippen molar-refractivity contribution in [3.05, 3.63) is 72.8 Å². The topological polar surface area (TPSA) is 81.8 Å². The Kier molecular flexibility index (Phi) is 35.1. The van der Waals surface area contributed by atoms with Crippen LogP contribution in [0.1, 0.15) is 39.5 Å². The second kappa shape index (κ2) is 32.2. The van der Waals surface area contributed by atoms with Gasteiger partial charge in [-0.2, -0.15) is 0 Å². The van der Waals surface area contributed by atoms with E-state index in [0.29, 0.717) is 0 Å². The average Bonchev–Trinajstić information content (AvgIpc) is 2.65. The molecule has 0 aliphatic rings. The van der Waals surface area contributed by atoms with Crippen LogP contribution in [-0.4, -0.2) is 12.2 Å². The largest absolute Gasteiger partial charge is 0.231 e. The lowest BCUT2D eigenvalue weighted by atomic mass is 10.2. The SMILES string of the molecule is CCCCCC.N=C=O.N=C=O.c1ccccc1.c1ccccc1. The summed E-state index contributed by atoms with van der Waals surface area (Å²) in [5, 5.41) is 10.8. The van der Waals surface area contributed by atoms with Crippen molar-refractivity contribution in [3.63, 3.8) is 0 Å². The second-order valence-corrected chi connectivity index (χ2v) is 4.22. The van der Waals surface area contributed by atoms with Gasteiger partial charge in [0.1, 0.15) is 0 Å². The van der Waals surface area contributed by atoms with E-state index >= 15 is 0 Å². The molecule has 0 unspecified atom stereocenters. The maximum atomic E-state index is 8.35. The molecule has 2 aromatic rings. The van der Waals surface area contributed by atoms with Gasteiger partial charge in [-0.25, -0.2) is 20.4 Å². The highest BCUT2D eigenvalue weighted by atomic mass is 16.1. The Balaban J connectivity index is -0.000000238. The van der Waals surface area contributed by atoms with Crippen molar-refractivity contribution in [2.75, 3.05) is 0 Å². The first kappa shape index (κ1) is 26.1. The summed E-state index contributed by atoms with van der Waals surface area (Å²) in [4.78, 5) is 16.7. The Morgan fingerprint density at radius 3 is 0.750 bits per heavy atom. The zero-order valence-corrected chi connectivity index (χ0v) is 14.6. The second-order valence-electron chi connectivity index (χ2n) is 4.22. The van der Waals surface area contributed by atoms with E-state index in [2.05, 4.69) is 13.8 Å². The van der Waals surface area contributed by atoms with Gasteiger partial charge in [0.05, 0.1) is 0 Å². The van der Waals surface area contributed by atoms with Gasteiger partial charge in [-0.3, -0.25) is 0 Å². The molecule has 0 spiro atoms. The number of carbonyl (C=O) groups excluding carboxylic acids is 2. The molecule has 130 valence electrons. The van der Waals surface area contributed by atoms with Crippen molar-refractivity contribution in [2.24, 2.45) is 0 Å². The third kappa shape index (κ3) is 42.7. The van der Waals surface area contributed by atoms with E-state index in [1.807, 2.05) is 72.8 Å². The van der Waals surface area contributed by atoms with Crippen LogP contribution in [0.5, 0.6) is 0 Å². The molecule has 2 N–H and O–H groups in total. The highest BCUT2D eigenvalue weighted by Crippen LogP contribution is 1.95. The first-order valence-corrected chi connectivity index (χ1v) is 7.82. The molecule has 2 rings (SSSR count). The number of hydrogen-bond donors (Lipinski definition) is 2. The number of nitrogens with one attached hydrogen (secondary N) is 2. The molecule has 4 nitrogen and oxygen atoms in total. The van der Waals surface area contributed by atoms with E-state index in [0.717, 1.165) is 12.2 Å². The Hall–Kier alpha value is -2.80. The van der Waals surface area contributed by atoms with Gasteiger partial charge in [-0.05, 0) is 0 Å². The summed E-state index contributed by atoms with van der Waals surface area (Å²) in [6, 6.07) is 24.0. The van der Waals surface area contributed by atoms with Gasteiger partial charge in [0.25, 0.3) is 0 Å². The van der Waals surface area contributed by atoms with E-state index in [1.54, 1.807) is 0 Å². The average molecular weight is 328 g/mol. The molecular weight excluding hydrogens is 300 g/mol. The highest BCUT2D eigenvalue weighted by molar-refractivity contribution is 5.26. The van der Waals surface area contributed by atoms with E-state index in [4.69, 9.17) is 20.4 Å². The van der Waals surface area contributed by atoms with Crippen LogP contribution in [0.25, 0.3) is 0 Å². The van der Waals surface area contributed by atoms with Gasteiger partial charge in [0, 0.05) is 0 Å². The molecule has 0 amide bonds. The van der Waals surface area contributed by atoms with Crippen LogP contribution in [0.4, 0.5) is 0 Å². The fourth-order valence-corrected chi connectivity index (χ4v) is 1.27. The lowest BCUT2D eigenvalue weighted by Gasteiger charge is -1.86. The van der Waals surface area contributed by atoms with Crippen LogP contribution in [0, 0.1) is 10.8 Å². The summed E-state index contributed by atoms with van der Waals surface area (Å²) in [6.07, 6.45) is 7.04. The van der Waals surface area contributed by atoms with Crippen molar-refractivity contribution < 1.29 is 9.59 Å². The normalized spacial score (nSPS) is 6.92. The summed E-state index contributed by atoms with van der Waals surface area (Å²) in [5.74, 6) is 0. The van der Waals surface area contributed by atoms with Crippen molar-refractivity contribution in [1.82, 2.24) is 0 Å². The van der Waals surface area contributed by atoms with Crippen LogP contribution in [0.3, 0.4) is 0 Å². The third-order valence-corrected chi connectivity index (χ3v) is 2.29. The van der Waals surface area contributed by atoms with Gasteiger partial charge >= 0.3 is 0 Å². The molecule has 2 aromatic carbocycles. The molecule has 0 saturated heterocycles. The highest BCUT2D eigenvalue weighted by Gasteiger charge is 1.75. The Morgan fingerprint density at radius 1 is 0.542 bits per heavy atom. The van der Waals surface area contributed by atoms with E-state index in [1.165, 1.54) is 25.7 Å². The minimum absolute atomic E-state index is 0.750. The van der Waals surface area contributed by atoms with Crippen LogP contribution in [-0.2, 0) is 9.59 Å². The standard InChI is InChI=1S/2C6H6.C6H14.2CHNO/c2*1-2-4-6-5-3-1;1-3-5-6-4-2;2*2-1-3/h2*1-6H;3-6H2,1-2H3;2*2H. The minimum Gasteiger partial charge on any atom is -0.222 e. The molecule has 0 radical (unpaired) electrons. The van der Waals surface area contributed by atoms with E-state index in [-0.39, 0.29) is 0 Å². The van der Waals surface area contributed by atoms with Gasteiger partial charge in [-0.1, -0.05) is 112 Å². The molecule has 0 atom stereocenters. The third-order valence-electron chi connectivity index (χ3n) is 2.29. The van der Waals surface area contributed by atoms with Gasteiger partial charge in [0.2, 0.25) is 12.2 Å². The van der Waals surface area contributed by atoms with Crippen LogP contribution in [0.2, 0.25) is 0 Å². The molecule has 0 heterocycles. The molecule has 0 aromatic heterocycles. The predicted octanol–water partition coefficient (Wildman–Crippen LogP) is 5.76. The number of unbranched alkanes of at least 4 members (excludes halogenated alkanes) is 3. The fraction of sp³-hybridized carbons (Fsp3) is 0.300. The van der Waals surface area contributed by atoms with Gasteiger partial charge < -0.3 is 0 Å². The fourth-order valence-electron chi connectivity index (χ4n) is 1.27. The lowest BCUT2D eigenvalue weighted by molar-refractivity contribution is 0.562. The van der Waals surface area contributed by atoms with Gasteiger partial charge in [-0.15, -0.1) is 0 Å². The zero-order chi connectivity index (χ0) is 18.7. The number of rotatable bonds is 3. The summed E-state index contributed by atoms with van der Waals surface area (Å²) in [5.41, 5.74) is 0. The molecule has 4 heteroatoms. The minimum atomic E-state index is 0.750. The molecule has 0 saturated carbocycles. The Labute approximate surface area is 145 Å². The van der Waals surface area contributed by atoms with E-state index < -0.39 is 0 Å². The van der Waals surface area contributed by atoms with Crippen LogP contribution < -0.4 is 0 Å². The number of isocyanates is 2. The molecule has 0 aliphatic heterocycles. The summed E-state index contributed by atoms with van der Waals surface area (Å²) < 4.78 is 0. The Bertz CT molecular complexity index is 375. The van der Waals surface area contributed by atoms with Gasteiger partial charge in [0.15, 0.2) is 0 Å². The monoisotopic (exact) mass is 328 g/mol. The van der Waals surface area contributed by atoms with Crippen LogP contribution >= 0.6 is 0 Å².